The van der Waals surface area contributed by atoms with Gasteiger partial charge in [0.2, 0.25) is 0 Å². The normalized spacial score (nSPS) is 12.5. The number of nitrogens with one attached hydrogen (secondary N) is 1. The van der Waals surface area contributed by atoms with Crippen LogP contribution in [0, 0.1) is 11.8 Å². The van der Waals surface area contributed by atoms with Gasteiger partial charge in [0.1, 0.15) is 12.1 Å². The van der Waals surface area contributed by atoms with Crippen LogP contribution in [0.5, 0.6) is 11.5 Å². The number of carbonyl (C=O) groups is 4. The molecule has 0 heterocycles. The molecule has 2 atom stereocenters. The number of rotatable bonds is 16. The number of aliphatic carboxylic acids is 1. The minimum absolute atomic E-state index is 0.00130. The van der Waals surface area contributed by atoms with E-state index in [4.69, 9.17) is 23.7 Å². The fourth-order valence-corrected chi connectivity index (χ4v) is 2.99. The van der Waals surface area contributed by atoms with Crippen molar-refractivity contribution in [3.05, 3.63) is 23.8 Å². The molecular formula is C27H41NO10. The molecule has 0 bridgehead atoms. The van der Waals surface area contributed by atoms with E-state index < -0.39 is 30.4 Å². The lowest BCUT2D eigenvalue weighted by molar-refractivity contribution is -0.148. The molecule has 1 unspecified atom stereocenters. The first-order chi connectivity index (χ1) is 17.9. The van der Waals surface area contributed by atoms with Crippen LogP contribution in [0.1, 0.15) is 66.4 Å². The highest BCUT2D eigenvalue weighted by atomic mass is 16.7. The summed E-state index contributed by atoms with van der Waals surface area (Å²) in [6, 6.07) is 3.29. The molecule has 0 aliphatic rings. The van der Waals surface area contributed by atoms with Gasteiger partial charge in [-0.2, -0.15) is 0 Å². The van der Waals surface area contributed by atoms with Crippen molar-refractivity contribution >= 4 is 24.2 Å². The molecule has 0 amide bonds. The Balaban J connectivity index is 2.96. The number of unbranched alkanes of at least 4 members (excludes halogenated alkanes) is 1. The van der Waals surface area contributed by atoms with E-state index in [1.54, 1.807) is 13.0 Å². The molecule has 1 aromatic rings. The zero-order chi connectivity index (χ0) is 28.7. The van der Waals surface area contributed by atoms with Crippen molar-refractivity contribution in [3.63, 3.8) is 0 Å². The number of carboxylic acid groups (broad SMARTS) is 1. The van der Waals surface area contributed by atoms with Gasteiger partial charge in [-0.1, -0.05) is 47.1 Å². The maximum absolute atomic E-state index is 12.2. The van der Waals surface area contributed by atoms with Gasteiger partial charge in [0.05, 0.1) is 13.2 Å². The Morgan fingerprint density at radius 2 is 1.47 bits per heavy atom. The van der Waals surface area contributed by atoms with Crippen molar-refractivity contribution < 1.29 is 48.0 Å². The Hall–Kier alpha value is -3.34. The molecule has 0 aromatic heterocycles. The number of carbonyl (C=O) groups excluding carboxylic acids is 3. The Morgan fingerprint density at radius 1 is 0.895 bits per heavy atom. The van der Waals surface area contributed by atoms with Gasteiger partial charge in [-0.25, -0.2) is 9.59 Å². The van der Waals surface area contributed by atoms with Crippen molar-refractivity contribution in [1.29, 1.82) is 0 Å². The number of hydrogen-bond acceptors (Lipinski definition) is 10. The summed E-state index contributed by atoms with van der Waals surface area (Å²) in [5.41, 5.74) is 0.479. The third-order valence-electron chi connectivity index (χ3n) is 4.92. The van der Waals surface area contributed by atoms with Crippen molar-refractivity contribution in [1.82, 2.24) is 5.32 Å². The molecular weight excluding hydrogens is 498 g/mol. The van der Waals surface area contributed by atoms with E-state index in [0.29, 0.717) is 12.0 Å². The highest BCUT2D eigenvalue weighted by Crippen LogP contribution is 2.30. The third kappa shape index (κ3) is 13.8. The lowest BCUT2D eigenvalue weighted by Gasteiger charge is -2.19. The maximum atomic E-state index is 12.2. The van der Waals surface area contributed by atoms with E-state index in [0.717, 1.165) is 12.8 Å². The standard InChI is InChI=1S/C27H41NO10/c1-7-8-9-24(29)36-19(6)14-28-21(25(30)31)12-20-10-11-22(37-26(32)34-15-17(2)3)23(13-20)38-27(33)35-16-18(4)5/h10-11,13,17-19,21,28H,7-9,12,14-16H2,1-6H3,(H,30,31)/t19?,21-/m0/s1. The number of carboxylic acids is 1. The van der Waals surface area contributed by atoms with E-state index in [2.05, 4.69) is 5.32 Å². The largest absolute Gasteiger partial charge is 0.513 e. The molecule has 214 valence electrons. The Labute approximate surface area is 224 Å². The Bertz CT molecular complexity index is 915. The Morgan fingerprint density at radius 3 is 2.00 bits per heavy atom. The van der Waals surface area contributed by atoms with Crippen LogP contribution < -0.4 is 14.8 Å². The molecule has 11 nitrogen and oxygen atoms in total. The van der Waals surface area contributed by atoms with Crippen LogP contribution >= 0.6 is 0 Å². The minimum Gasteiger partial charge on any atom is -0.480 e. The third-order valence-corrected chi connectivity index (χ3v) is 4.92. The van der Waals surface area contributed by atoms with E-state index in [9.17, 15) is 24.3 Å². The van der Waals surface area contributed by atoms with Gasteiger partial charge in [0, 0.05) is 13.0 Å². The van der Waals surface area contributed by atoms with E-state index in [-0.39, 0.29) is 55.5 Å². The number of ether oxygens (including phenoxy) is 5. The van der Waals surface area contributed by atoms with Crippen LogP contribution in [0.25, 0.3) is 0 Å². The van der Waals surface area contributed by atoms with Crippen molar-refractivity contribution in [2.24, 2.45) is 11.8 Å². The number of esters is 1. The second-order valence-corrected chi connectivity index (χ2v) is 9.80. The van der Waals surface area contributed by atoms with Crippen LogP contribution in [-0.2, 0) is 30.2 Å². The van der Waals surface area contributed by atoms with Crippen LogP contribution in [0.15, 0.2) is 18.2 Å². The van der Waals surface area contributed by atoms with Gasteiger partial charge >= 0.3 is 24.2 Å². The number of hydrogen-bond donors (Lipinski definition) is 2. The minimum atomic E-state index is -1.12. The maximum Gasteiger partial charge on any atom is 0.513 e. The molecule has 0 radical (unpaired) electrons. The smallest absolute Gasteiger partial charge is 0.480 e. The van der Waals surface area contributed by atoms with Crippen molar-refractivity contribution in [2.45, 2.75) is 79.4 Å². The van der Waals surface area contributed by atoms with Gasteiger partial charge in [0.15, 0.2) is 11.5 Å². The van der Waals surface area contributed by atoms with Crippen LogP contribution in [0.4, 0.5) is 9.59 Å². The topological polar surface area (TPSA) is 147 Å². The van der Waals surface area contributed by atoms with E-state index >= 15 is 0 Å². The highest BCUT2D eigenvalue weighted by Gasteiger charge is 2.22. The molecule has 0 aliphatic heterocycles. The summed E-state index contributed by atoms with van der Waals surface area (Å²) in [5.74, 6) is -1.50. The highest BCUT2D eigenvalue weighted by molar-refractivity contribution is 5.74. The van der Waals surface area contributed by atoms with Gasteiger partial charge < -0.3 is 34.1 Å². The SMILES string of the molecule is CCCCC(=O)OC(C)CN[C@@H](Cc1ccc(OC(=O)OCC(C)C)c(OC(=O)OCC(C)C)c1)C(=O)O. The molecule has 0 aliphatic carbocycles. The summed E-state index contributed by atoms with van der Waals surface area (Å²) >= 11 is 0. The molecule has 38 heavy (non-hydrogen) atoms. The second kappa shape index (κ2) is 17.2. The summed E-state index contributed by atoms with van der Waals surface area (Å²) in [5, 5.41) is 12.6. The molecule has 1 rings (SSSR count). The monoisotopic (exact) mass is 539 g/mol. The lowest BCUT2D eigenvalue weighted by atomic mass is 10.0. The zero-order valence-electron chi connectivity index (χ0n) is 23.1. The molecule has 0 saturated heterocycles. The lowest BCUT2D eigenvalue weighted by Crippen LogP contribution is -2.42. The van der Waals surface area contributed by atoms with E-state index in [1.807, 2.05) is 34.6 Å². The van der Waals surface area contributed by atoms with Gasteiger partial charge in [-0.05, 0) is 49.3 Å². The quantitative estimate of drug-likeness (QED) is 0.171. The fraction of sp³-hybridized carbons (Fsp3) is 0.630. The van der Waals surface area contributed by atoms with Gasteiger partial charge in [-0.3, -0.25) is 9.59 Å². The van der Waals surface area contributed by atoms with Crippen LogP contribution in [0.2, 0.25) is 0 Å². The van der Waals surface area contributed by atoms with Crippen LogP contribution in [0.3, 0.4) is 0 Å². The predicted molar refractivity (Wildman–Crippen MR) is 138 cm³/mol. The fourth-order valence-electron chi connectivity index (χ4n) is 2.99. The van der Waals surface area contributed by atoms with Crippen molar-refractivity contribution in [2.75, 3.05) is 19.8 Å². The molecule has 2 N–H and O–H groups in total. The van der Waals surface area contributed by atoms with Gasteiger partial charge in [0.25, 0.3) is 0 Å². The second-order valence-electron chi connectivity index (χ2n) is 9.80. The first-order valence-corrected chi connectivity index (χ1v) is 12.9. The molecule has 0 fully saturated rings. The summed E-state index contributed by atoms with van der Waals surface area (Å²) in [6.45, 7) is 11.5. The average molecular weight is 540 g/mol. The molecule has 0 saturated carbocycles. The summed E-state index contributed by atoms with van der Waals surface area (Å²) < 4.78 is 25.8. The summed E-state index contributed by atoms with van der Waals surface area (Å²) in [6.07, 6.45) is -0.591. The van der Waals surface area contributed by atoms with Gasteiger partial charge in [-0.15, -0.1) is 0 Å². The van der Waals surface area contributed by atoms with Crippen LogP contribution in [-0.4, -0.2) is 61.3 Å². The number of benzene rings is 1. The molecule has 11 heteroatoms. The van der Waals surface area contributed by atoms with Crippen molar-refractivity contribution in [3.8, 4) is 11.5 Å². The molecule has 1 aromatic carbocycles. The first kappa shape index (κ1) is 32.7. The molecule has 0 spiro atoms. The first-order valence-electron chi connectivity index (χ1n) is 12.9. The van der Waals surface area contributed by atoms with E-state index in [1.165, 1.54) is 12.1 Å². The summed E-state index contributed by atoms with van der Waals surface area (Å²) in [4.78, 5) is 47.9. The Kier molecular flexibility index (Phi) is 14.8. The zero-order valence-corrected chi connectivity index (χ0v) is 23.1. The average Bonchev–Trinajstić information content (AvgIpc) is 2.83. The predicted octanol–water partition coefficient (Wildman–Crippen LogP) is 4.74. The summed E-state index contributed by atoms with van der Waals surface area (Å²) in [7, 11) is 0.